The molecule has 7 nitrogen and oxygen atoms in total. The highest BCUT2D eigenvalue weighted by Gasteiger charge is 2.06. The van der Waals surface area contributed by atoms with Gasteiger partial charge in [-0.1, -0.05) is 5.22 Å². The summed E-state index contributed by atoms with van der Waals surface area (Å²) < 4.78 is 12.9. The number of non-ortho nitro benzene ring substituents is 1. The number of nitro groups is 1. The van der Waals surface area contributed by atoms with Crippen LogP contribution in [0, 0.1) is 27.3 Å². The van der Waals surface area contributed by atoms with Crippen molar-refractivity contribution in [2.24, 2.45) is 10.3 Å². The van der Waals surface area contributed by atoms with Gasteiger partial charge in [-0.15, -0.1) is 5.11 Å². The van der Waals surface area contributed by atoms with Crippen molar-refractivity contribution in [3.05, 3.63) is 64.5 Å². The van der Waals surface area contributed by atoms with Crippen molar-refractivity contribution in [3.63, 3.8) is 0 Å². The molecule has 8 heteroatoms. The average molecular weight is 299 g/mol. The number of halogens is 1. The summed E-state index contributed by atoms with van der Waals surface area (Å²) in [6, 6.07) is 12.9. The molecule has 0 aliphatic heterocycles. The van der Waals surface area contributed by atoms with Crippen molar-refractivity contribution in [2.75, 3.05) is 11.6 Å². The largest absolute Gasteiger partial charge is 0.269 e. The lowest BCUT2D eigenvalue weighted by Gasteiger charge is -2.13. The Balaban J connectivity index is 2.18. The summed E-state index contributed by atoms with van der Waals surface area (Å²) >= 11 is 0. The molecule has 22 heavy (non-hydrogen) atoms. The second-order valence-electron chi connectivity index (χ2n) is 4.16. The van der Waals surface area contributed by atoms with E-state index in [1.807, 2.05) is 6.07 Å². The van der Waals surface area contributed by atoms with Crippen molar-refractivity contribution in [2.45, 2.75) is 0 Å². The van der Waals surface area contributed by atoms with Crippen LogP contribution in [0.1, 0.15) is 0 Å². The lowest BCUT2D eigenvalue weighted by atomic mass is 10.3. The van der Waals surface area contributed by atoms with Crippen LogP contribution >= 0.6 is 0 Å². The summed E-state index contributed by atoms with van der Waals surface area (Å²) in [5, 5.41) is 28.5. The van der Waals surface area contributed by atoms with Gasteiger partial charge < -0.3 is 0 Å². The zero-order valence-corrected chi connectivity index (χ0v) is 11.3. The summed E-state index contributed by atoms with van der Waals surface area (Å²) in [6.45, 7) is -0.0673. The van der Waals surface area contributed by atoms with Gasteiger partial charge in [0.25, 0.3) is 5.69 Å². The minimum absolute atomic E-state index is 0.0497. The van der Waals surface area contributed by atoms with E-state index >= 15 is 0 Å². The highest BCUT2D eigenvalue weighted by atomic mass is 19.1. The van der Waals surface area contributed by atoms with Crippen molar-refractivity contribution >= 4 is 17.1 Å². The molecule has 0 aromatic heterocycles. The first-order valence-electron chi connectivity index (χ1n) is 6.16. The molecule has 0 radical (unpaired) electrons. The number of nitro benzene ring substituents is 1. The summed E-state index contributed by atoms with van der Waals surface area (Å²) in [5.41, 5.74) is 0.857. The standard InChI is InChI=1S/C14H10FN5O2/c15-11-1-5-13(6-2-11)19(10-9-16)18-17-12-3-7-14(8-4-12)20(21)22/h1-8H,10H2. The summed E-state index contributed by atoms with van der Waals surface area (Å²) in [4.78, 5) is 10.0. The molecule has 0 atom stereocenters. The predicted molar refractivity (Wildman–Crippen MR) is 77.0 cm³/mol. The fourth-order valence-corrected chi connectivity index (χ4v) is 1.60. The number of rotatable bonds is 5. The fraction of sp³-hybridized carbons (Fsp3) is 0.0714. The molecule has 2 rings (SSSR count). The molecule has 0 bridgehead atoms. The Morgan fingerprint density at radius 2 is 1.82 bits per heavy atom. The van der Waals surface area contributed by atoms with E-state index in [2.05, 4.69) is 10.3 Å². The lowest BCUT2D eigenvalue weighted by molar-refractivity contribution is -0.384. The van der Waals surface area contributed by atoms with E-state index in [-0.39, 0.29) is 12.2 Å². The maximum absolute atomic E-state index is 12.9. The minimum atomic E-state index is -0.512. The first-order chi connectivity index (χ1) is 10.6. The Labute approximate surface area is 125 Å². The minimum Gasteiger partial charge on any atom is -0.258 e. The quantitative estimate of drug-likeness (QED) is 0.363. The molecule has 110 valence electrons. The highest BCUT2D eigenvalue weighted by molar-refractivity contribution is 5.47. The zero-order valence-electron chi connectivity index (χ0n) is 11.3. The second-order valence-corrected chi connectivity index (χ2v) is 4.16. The van der Waals surface area contributed by atoms with Crippen molar-refractivity contribution < 1.29 is 9.31 Å². The molecular weight excluding hydrogens is 289 g/mol. The van der Waals surface area contributed by atoms with Gasteiger partial charge in [-0.3, -0.25) is 10.1 Å². The molecule has 0 aliphatic rings. The molecule has 0 N–H and O–H groups in total. The van der Waals surface area contributed by atoms with Crippen LogP contribution in [0.4, 0.5) is 21.5 Å². The third kappa shape index (κ3) is 3.83. The molecule has 0 spiro atoms. The Morgan fingerprint density at radius 1 is 1.18 bits per heavy atom. The number of nitriles is 1. The van der Waals surface area contributed by atoms with Gasteiger partial charge in [0.05, 0.1) is 22.4 Å². The summed E-state index contributed by atoms with van der Waals surface area (Å²) in [5.74, 6) is -0.395. The molecule has 0 amide bonds. The van der Waals surface area contributed by atoms with Crippen LogP contribution in [-0.2, 0) is 0 Å². The third-order valence-electron chi connectivity index (χ3n) is 2.67. The monoisotopic (exact) mass is 299 g/mol. The van der Waals surface area contributed by atoms with Crippen molar-refractivity contribution in [1.82, 2.24) is 0 Å². The first-order valence-corrected chi connectivity index (χ1v) is 6.16. The maximum atomic E-state index is 12.9. The van der Waals surface area contributed by atoms with E-state index in [4.69, 9.17) is 5.26 Å². The average Bonchev–Trinajstić information content (AvgIpc) is 2.53. The van der Waals surface area contributed by atoms with Crippen LogP contribution < -0.4 is 5.01 Å². The van der Waals surface area contributed by atoms with Crippen LogP contribution in [-0.4, -0.2) is 11.5 Å². The van der Waals surface area contributed by atoms with Crippen LogP contribution in [0.5, 0.6) is 0 Å². The molecule has 0 saturated heterocycles. The Hall–Kier alpha value is -3.34. The number of anilines is 1. The van der Waals surface area contributed by atoms with Crippen LogP contribution in [0.3, 0.4) is 0 Å². The number of hydrogen-bond acceptors (Lipinski definition) is 5. The molecule has 2 aromatic carbocycles. The summed E-state index contributed by atoms with van der Waals surface area (Å²) in [6.07, 6.45) is 0. The molecule has 0 unspecified atom stereocenters. The molecule has 0 heterocycles. The van der Waals surface area contributed by atoms with Gasteiger partial charge in [-0.05, 0) is 36.4 Å². The predicted octanol–water partition coefficient (Wildman–Crippen LogP) is 3.76. The smallest absolute Gasteiger partial charge is 0.258 e. The zero-order chi connectivity index (χ0) is 15.9. The van der Waals surface area contributed by atoms with Gasteiger partial charge >= 0.3 is 0 Å². The second kappa shape index (κ2) is 6.90. The van der Waals surface area contributed by atoms with Gasteiger partial charge in [0.1, 0.15) is 12.4 Å². The topological polar surface area (TPSA) is 94.9 Å². The molecule has 0 saturated carbocycles. The van der Waals surface area contributed by atoms with Gasteiger partial charge in [0.2, 0.25) is 0 Å². The molecule has 2 aromatic rings. The number of benzene rings is 2. The van der Waals surface area contributed by atoms with Gasteiger partial charge in [0, 0.05) is 12.1 Å². The molecular formula is C14H10FN5O2. The van der Waals surface area contributed by atoms with Gasteiger partial charge in [-0.2, -0.15) is 5.26 Å². The van der Waals surface area contributed by atoms with E-state index in [1.165, 1.54) is 53.5 Å². The van der Waals surface area contributed by atoms with Crippen LogP contribution in [0.2, 0.25) is 0 Å². The first kappa shape index (κ1) is 15.1. The van der Waals surface area contributed by atoms with E-state index in [0.717, 1.165) is 0 Å². The number of nitrogens with zero attached hydrogens (tertiary/aromatic N) is 5. The van der Waals surface area contributed by atoms with E-state index in [0.29, 0.717) is 11.4 Å². The molecule has 0 aliphatic carbocycles. The third-order valence-corrected chi connectivity index (χ3v) is 2.67. The SMILES string of the molecule is N#CCN(N=Nc1ccc([N+](=O)[O-])cc1)c1ccc(F)cc1. The van der Waals surface area contributed by atoms with Gasteiger partial charge in [-0.25, -0.2) is 9.40 Å². The maximum Gasteiger partial charge on any atom is 0.269 e. The Morgan fingerprint density at radius 3 is 2.36 bits per heavy atom. The normalized spacial score (nSPS) is 10.4. The van der Waals surface area contributed by atoms with Crippen molar-refractivity contribution in [1.29, 1.82) is 5.26 Å². The summed E-state index contributed by atoms with van der Waals surface area (Å²) in [7, 11) is 0. The van der Waals surface area contributed by atoms with E-state index in [9.17, 15) is 14.5 Å². The fourth-order valence-electron chi connectivity index (χ4n) is 1.60. The Kier molecular flexibility index (Phi) is 4.72. The van der Waals surface area contributed by atoms with Crippen LogP contribution in [0.25, 0.3) is 0 Å². The Bertz CT molecular complexity index is 722. The molecule has 0 fully saturated rings. The van der Waals surface area contributed by atoms with E-state index < -0.39 is 10.7 Å². The lowest BCUT2D eigenvalue weighted by Crippen LogP contribution is -2.15. The van der Waals surface area contributed by atoms with Gasteiger partial charge in [0.15, 0.2) is 0 Å². The number of hydrogen-bond donors (Lipinski definition) is 0. The van der Waals surface area contributed by atoms with E-state index in [1.54, 1.807) is 0 Å². The highest BCUT2D eigenvalue weighted by Crippen LogP contribution is 2.20. The van der Waals surface area contributed by atoms with Crippen LogP contribution in [0.15, 0.2) is 58.9 Å². The van der Waals surface area contributed by atoms with Crippen molar-refractivity contribution in [3.8, 4) is 6.07 Å².